The first-order valence-corrected chi connectivity index (χ1v) is 9.09. The van der Waals surface area contributed by atoms with Crippen molar-refractivity contribution in [3.63, 3.8) is 0 Å². The molecule has 2 heterocycles. The Bertz CT molecular complexity index is 782. The van der Waals surface area contributed by atoms with E-state index in [-0.39, 0.29) is 11.8 Å². The van der Waals surface area contributed by atoms with Gasteiger partial charge in [-0.3, -0.25) is 9.59 Å². The molecule has 1 fully saturated rings. The molecule has 5 heteroatoms. The van der Waals surface area contributed by atoms with Crippen molar-refractivity contribution in [3.05, 3.63) is 70.4 Å². The van der Waals surface area contributed by atoms with Crippen LogP contribution < -0.4 is 5.32 Å². The molecule has 1 aromatic carbocycles. The Hall–Kier alpha value is -2.66. The molecule has 1 N–H and O–H groups in total. The molecule has 2 amide bonds. The molecule has 1 aliphatic heterocycles. The van der Waals surface area contributed by atoms with Gasteiger partial charge in [0.05, 0.1) is 0 Å². The summed E-state index contributed by atoms with van der Waals surface area (Å²) < 4.78 is 0. The number of anilines is 1. The largest absolute Gasteiger partial charge is 0.338 e. The fourth-order valence-corrected chi connectivity index (χ4v) is 3.49. The molecule has 0 radical (unpaired) electrons. The number of carbonyl (C=O) groups is 2. The van der Waals surface area contributed by atoms with E-state index in [1.165, 1.54) is 16.5 Å². The smallest absolute Gasteiger partial charge is 0.253 e. The maximum Gasteiger partial charge on any atom is 0.253 e. The topological polar surface area (TPSA) is 49.4 Å². The van der Waals surface area contributed by atoms with Gasteiger partial charge in [-0.05, 0) is 60.7 Å². The molecule has 0 bridgehead atoms. The van der Waals surface area contributed by atoms with E-state index in [0.29, 0.717) is 11.3 Å². The Morgan fingerprint density at radius 3 is 2.44 bits per heavy atom. The number of amides is 2. The molecule has 4 nitrogen and oxygen atoms in total. The normalized spacial score (nSPS) is 14.1. The summed E-state index contributed by atoms with van der Waals surface area (Å²) in [5.41, 5.74) is 2.69. The number of carbonyl (C=O) groups excluding carboxylic acids is 2. The SMILES string of the molecule is C=CC(=O)Nc1ccc(C(=O)N2CCC(=Cc3cccs3)CC2)cc1. The molecular weight excluding hydrogens is 332 g/mol. The predicted octanol–water partition coefficient (Wildman–Crippen LogP) is 4.19. The van der Waals surface area contributed by atoms with Gasteiger partial charge in [0.1, 0.15) is 0 Å². The van der Waals surface area contributed by atoms with E-state index in [4.69, 9.17) is 0 Å². The lowest BCUT2D eigenvalue weighted by molar-refractivity contribution is -0.111. The van der Waals surface area contributed by atoms with Crippen LogP contribution in [0.15, 0.2) is 60.0 Å². The van der Waals surface area contributed by atoms with Gasteiger partial charge >= 0.3 is 0 Å². The van der Waals surface area contributed by atoms with Crippen LogP contribution in [0, 0.1) is 0 Å². The lowest BCUT2D eigenvalue weighted by Crippen LogP contribution is -2.36. The van der Waals surface area contributed by atoms with Crippen LogP contribution in [0.1, 0.15) is 28.1 Å². The number of rotatable bonds is 4. The molecule has 0 unspecified atom stereocenters. The van der Waals surface area contributed by atoms with Crippen LogP contribution in [-0.4, -0.2) is 29.8 Å². The first kappa shape index (κ1) is 17.2. The summed E-state index contributed by atoms with van der Waals surface area (Å²) in [4.78, 5) is 27.1. The number of benzene rings is 1. The maximum absolute atomic E-state index is 12.6. The fraction of sp³-hybridized carbons (Fsp3) is 0.200. The van der Waals surface area contributed by atoms with Crippen LogP contribution in [0.3, 0.4) is 0 Å². The minimum absolute atomic E-state index is 0.0387. The number of nitrogens with one attached hydrogen (secondary N) is 1. The van der Waals surface area contributed by atoms with Crippen LogP contribution in [-0.2, 0) is 4.79 Å². The molecule has 0 aliphatic carbocycles. The number of piperidine rings is 1. The summed E-state index contributed by atoms with van der Waals surface area (Å²) in [7, 11) is 0. The van der Waals surface area contributed by atoms with Crippen molar-refractivity contribution in [2.24, 2.45) is 0 Å². The monoisotopic (exact) mass is 352 g/mol. The summed E-state index contributed by atoms with van der Waals surface area (Å²) in [5, 5.41) is 4.75. The summed E-state index contributed by atoms with van der Waals surface area (Å²) in [5.74, 6) is -0.225. The molecule has 1 saturated heterocycles. The lowest BCUT2D eigenvalue weighted by atomic mass is 10.0. The summed E-state index contributed by atoms with van der Waals surface area (Å²) in [6.45, 7) is 4.90. The maximum atomic E-state index is 12.6. The van der Waals surface area contributed by atoms with Crippen LogP contribution >= 0.6 is 11.3 Å². The Balaban J connectivity index is 1.59. The van der Waals surface area contributed by atoms with E-state index >= 15 is 0 Å². The predicted molar refractivity (Wildman–Crippen MR) is 103 cm³/mol. The molecule has 0 saturated carbocycles. The average molecular weight is 352 g/mol. The molecule has 0 atom stereocenters. The van der Waals surface area contributed by atoms with Gasteiger partial charge < -0.3 is 10.2 Å². The molecule has 1 aromatic heterocycles. The number of hydrogen-bond acceptors (Lipinski definition) is 3. The fourth-order valence-electron chi connectivity index (χ4n) is 2.79. The second kappa shape index (κ2) is 7.94. The Kier molecular flexibility index (Phi) is 5.46. The van der Waals surface area contributed by atoms with Crippen molar-refractivity contribution in [1.29, 1.82) is 0 Å². The molecule has 25 heavy (non-hydrogen) atoms. The molecular formula is C20H20N2O2S. The average Bonchev–Trinajstić information content (AvgIpc) is 3.15. The van der Waals surface area contributed by atoms with E-state index in [1.807, 2.05) is 4.90 Å². The second-order valence-corrected chi connectivity index (χ2v) is 6.86. The highest BCUT2D eigenvalue weighted by Crippen LogP contribution is 2.23. The first-order valence-electron chi connectivity index (χ1n) is 8.21. The van der Waals surface area contributed by atoms with Crippen LogP contribution in [0.4, 0.5) is 5.69 Å². The van der Waals surface area contributed by atoms with E-state index in [1.54, 1.807) is 35.6 Å². The Labute approximate surface area is 151 Å². The van der Waals surface area contributed by atoms with Gasteiger partial charge in [-0.2, -0.15) is 0 Å². The van der Waals surface area contributed by atoms with Crippen molar-refractivity contribution in [2.75, 3.05) is 18.4 Å². The van der Waals surface area contributed by atoms with Crippen LogP contribution in [0.2, 0.25) is 0 Å². The minimum Gasteiger partial charge on any atom is -0.338 e. The van der Waals surface area contributed by atoms with Crippen molar-refractivity contribution < 1.29 is 9.59 Å². The van der Waals surface area contributed by atoms with Crippen molar-refractivity contribution >= 4 is 34.9 Å². The third-order valence-corrected chi connectivity index (χ3v) is 4.99. The number of hydrogen-bond donors (Lipinski definition) is 1. The number of thiophene rings is 1. The van der Waals surface area contributed by atoms with Gasteiger partial charge in [0.25, 0.3) is 5.91 Å². The van der Waals surface area contributed by atoms with Gasteiger partial charge in [-0.1, -0.05) is 18.2 Å². The molecule has 3 rings (SSSR count). The van der Waals surface area contributed by atoms with Crippen molar-refractivity contribution in [3.8, 4) is 0 Å². The van der Waals surface area contributed by atoms with Crippen molar-refractivity contribution in [1.82, 2.24) is 4.90 Å². The highest BCUT2D eigenvalue weighted by molar-refractivity contribution is 7.10. The summed E-state index contributed by atoms with van der Waals surface area (Å²) >= 11 is 1.73. The van der Waals surface area contributed by atoms with Crippen LogP contribution in [0.25, 0.3) is 6.08 Å². The molecule has 128 valence electrons. The lowest BCUT2D eigenvalue weighted by Gasteiger charge is -2.28. The molecule has 2 aromatic rings. The third-order valence-electron chi connectivity index (χ3n) is 4.17. The van der Waals surface area contributed by atoms with Gasteiger partial charge in [0.2, 0.25) is 5.91 Å². The Morgan fingerprint density at radius 2 is 1.84 bits per heavy atom. The van der Waals surface area contributed by atoms with E-state index < -0.39 is 0 Å². The Morgan fingerprint density at radius 1 is 1.12 bits per heavy atom. The zero-order valence-electron chi connectivity index (χ0n) is 13.9. The molecule has 1 aliphatic rings. The first-order chi connectivity index (χ1) is 12.2. The third kappa shape index (κ3) is 4.45. The van der Waals surface area contributed by atoms with Gasteiger partial charge in [-0.15, -0.1) is 11.3 Å². The zero-order valence-corrected chi connectivity index (χ0v) is 14.7. The highest BCUT2D eigenvalue weighted by Gasteiger charge is 2.20. The minimum atomic E-state index is -0.264. The van der Waals surface area contributed by atoms with E-state index in [9.17, 15) is 9.59 Å². The second-order valence-electron chi connectivity index (χ2n) is 5.88. The summed E-state index contributed by atoms with van der Waals surface area (Å²) in [6, 6.07) is 11.1. The number of nitrogens with zero attached hydrogens (tertiary/aromatic N) is 1. The quantitative estimate of drug-likeness (QED) is 0.839. The van der Waals surface area contributed by atoms with E-state index in [2.05, 4.69) is 35.5 Å². The van der Waals surface area contributed by atoms with Crippen molar-refractivity contribution in [2.45, 2.75) is 12.8 Å². The van der Waals surface area contributed by atoms with Gasteiger partial charge in [-0.25, -0.2) is 0 Å². The standard InChI is InChI=1S/C20H20N2O2S/c1-2-19(23)21-17-7-5-16(6-8-17)20(24)22-11-9-15(10-12-22)14-18-4-3-13-25-18/h2-8,13-14H,1,9-12H2,(H,21,23). The van der Waals surface area contributed by atoms with E-state index in [0.717, 1.165) is 25.9 Å². The van der Waals surface area contributed by atoms with Gasteiger partial charge in [0, 0.05) is 29.2 Å². The molecule has 0 spiro atoms. The zero-order chi connectivity index (χ0) is 17.6. The van der Waals surface area contributed by atoms with Gasteiger partial charge in [0.15, 0.2) is 0 Å². The summed E-state index contributed by atoms with van der Waals surface area (Å²) in [6.07, 6.45) is 5.28. The highest BCUT2D eigenvalue weighted by atomic mass is 32.1. The number of likely N-dealkylation sites (tertiary alicyclic amines) is 1. The van der Waals surface area contributed by atoms with Crippen LogP contribution in [0.5, 0.6) is 0 Å².